The lowest BCUT2D eigenvalue weighted by Gasteiger charge is -2.60. The van der Waals surface area contributed by atoms with Crippen LogP contribution in [-0.4, -0.2) is 22.2 Å². The van der Waals surface area contributed by atoms with Crippen molar-refractivity contribution < 1.29 is 9.90 Å². The van der Waals surface area contributed by atoms with Gasteiger partial charge in [-0.15, -0.1) is 0 Å². The number of hydrogen-bond acceptors (Lipinski definition) is 2. The van der Waals surface area contributed by atoms with Gasteiger partial charge in [0.05, 0.1) is 5.60 Å². The van der Waals surface area contributed by atoms with Crippen LogP contribution in [0.4, 0.5) is 0 Å². The van der Waals surface area contributed by atoms with Crippen molar-refractivity contribution in [2.75, 3.05) is 0 Å². The zero-order valence-corrected chi connectivity index (χ0v) is 12.0. The predicted octanol–water partition coefficient (Wildman–Crippen LogP) is 2.23. The summed E-state index contributed by atoms with van der Waals surface area (Å²) >= 11 is 0. The Morgan fingerprint density at radius 1 is 1.11 bits per heavy atom. The molecule has 4 bridgehead atoms. The maximum atomic E-state index is 12.4. The van der Waals surface area contributed by atoms with E-state index in [0.717, 1.165) is 38.5 Å². The molecule has 3 heteroatoms. The van der Waals surface area contributed by atoms with E-state index in [2.05, 4.69) is 19.2 Å². The van der Waals surface area contributed by atoms with Crippen molar-refractivity contribution in [1.29, 1.82) is 0 Å². The van der Waals surface area contributed by atoms with E-state index in [-0.39, 0.29) is 22.8 Å². The molecule has 2 N–H and O–H groups in total. The summed E-state index contributed by atoms with van der Waals surface area (Å²) in [6, 6.07) is 0. The van der Waals surface area contributed by atoms with Gasteiger partial charge < -0.3 is 10.4 Å². The van der Waals surface area contributed by atoms with Crippen LogP contribution in [0.5, 0.6) is 0 Å². The van der Waals surface area contributed by atoms with Crippen LogP contribution in [0, 0.1) is 23.2 Å². The Bertz CT molecular complexity index is 428. The van der Waals surface area contributed by atoms with Gasteiger partial charge in [-0.2, -0.15) is 0 Å². The number of hydrogen-bond donors (Lipinski definition) is 2. The summed E-state index contributed by atoms with van der Waals surface area (Å²) < 4.78 is 0. The van der Waals surface area contributed by atoms with E-state index in [9.17, 15) is 9.90 Å². The first kappa shape index (κ1) is 12.2. The first-order chi connectivity index (χ1) is 8.79. The molecule has 3 atom stereocenters. The topological polar surface area (TPSA) is 49.3 Å². The maximum absolute atomic E-state index is 12.4. The zero-order chi connectivity index (χ0) is 13.5. The van der Waals surface area contributed by atoms with Gasteiger partial charge in [0, 0.05) is 11.5 Å². The highest BCUT2D eigenvalue weighted by molar-refractivity contribution is 5.83. The number of aliphatic hydroxyl groups is 1. The Morgan fingerprint density at radius 2 is 1.68 bits per heavy atom. The Hall–Kier alpha value is -0.570. The molecule has 0 aromatic heterocycles. The Balaban J connectivity index is 1.53. The van der Waals surface area contributed by atoms with Crippen LogP contribution in [0.3, 0.4) is 0 Å². The number of amides is 1. The average Bonchev–Trinajstić information content (AvgIpc) is 2.83. The van der Waals surface area contributed by atoms with Crippen molar-refractivity contribution in [3.8, 4) is 0 Å². The molecule has 5 fully saturated rings. The first-order valence-electron chi connectivity index (χ1n) is 7.84. The Kier molecular flexibility index (Phi) is 2.16. The van der Waals surface area contributed by atoms with Gasteiger partial charge in [0.2, 0.25) is 5.91 Å². The summed E-state index contributed by atoms with van der Waals surface area (Å²) in [5, 5.41) is 14.1. The van der Waals surface area contributed by atoms with Gasteiger partial charge in [-0.3, -0.25) is 4.79 Å². The summed E-state index contributed by atoms with van der Waals surface area (Å²) in [7, 11) is 0. The second kappa shape index (κ2) is 3.36. The second-order valence-corrected chi connectivity index (χ2v) is 8.70. The fourth-order valence-corrected chi connectivity index (χ4v) is 5.62. The van der Waals surface area contributed by atoms with Gasteiger partial charge in [-0.25, -0.2) is 0 Å². The minimum absolute atomic E-state index is 0.0748. The van der Waals surface area contributed by atoms with Crippen LogP contribution in [0.15, 0.2) is 0 Å². The standard InChI is InChI=1S/C16H25NO2/c1-14(2)8-12(14)13(18)17-15-4-10-3-11(5-15)7-16(19,6-10)9-15/h10-12,19H,3-9H2,1-2H3,(H,17,18). The van der Waals surface area contributed by atoms with E-state index in [4.69, 9.17) is 0 Å². The molecule has 3 nitrogen and oxygen atoms in total. The number of carbonyl (C=O) groups is 1. The number of rotatable bonds is 2. The van der Waals surface area contributed by atoms with Crippen LogP contribution in [0.25, 0.3) is 0 Å². The van der Waals surface area contributed by atoms with Crippen LogP contribution < -0.4 is 5.32 Å². The normalized spacial score (nSPS) is 53.1. The smallest absolute Gasteiger partial charge is 0.224 e. The predicted molar refractivity (Wildman–Crippen MR) is 72.4 cm³/mol. The van der Waals surface area contributed by atoms with Crippen molar-refractivity contribution >= 4 is 5.91 Å². The van der Waals surface area contributed by atoms with Crippen molar-refractivity contribution in [3.63, 3.8) is 0 Å². The lowest BCUT2D eigenvalue weighted by atomic mass is 9.51. The van der Waals surface area contributed by atoms with Crippen molar-refractivity contribution in [2.45, 2.75) is 69.9 Å². The van der Waals surface area contributed by atoms with Crippen LogP contribution in [-0.2, 0) is 4.79 Å². The fraction of sp³-hybridized carbons (Fsp3) is 0.938. The van der Waals surface area contributed by atoms with E-state index in [1.807, 2.05) is 0 Å². The summed E-state index contributed by atoms with van der Waals surface area (Å²) in [4.78, 5) is 12.4. The molecule has 5 aliphatic carbocycles. The highest BCUT2D eigenvalue weighted by Crippen LogP contribution is 2.58. The molecule has 0 spiro atoms. The third-order valence-electron chi connectivity index (χ3n) is 6.25. The van der Waals surface area contributed by atoms with E-state index in [1.54, 1.807) is 0 Å². The minimum atomic E-state index is -0.476. The number of nitrogens with one attached hydrogen (secondary N) is 1. The molecule has 0 radical (unpaired) electrons. The Labute approximate surface area is 115 Å². The van der Waals surface area contributed by atoms with E-state index < -0.39 is 5.60 Å². The highest BCUT2D eigenvalue weighted by atomic mass is 16.3. The van der Waals surface area contributed by atoms with Crippen molar-refractivity contribution in [2.24, 2.45) is 23.2 Å². The molecule has 0 aliphatic heterocycles. The molecular weight excluding hydrogens is 238 g/mol. The summed E-state index contributed by atoms with van der Waals surface area (Å²) in [6.45, 7) is 4.34. The minimum Gasteiger partial charge on any atom is -0.390 e. The summed E-state index contributed by atoms with van der Waals surface area (Å²) in [5.41, 5.74) is -0.353. The third kappa shape index (κ3) is 1.84. The molecule has 5 rings (SSSR count). The molecule has 0 aromatic rings. The maximum Gasteiger partial charge on any atom is 0.224 e. The van der Waals surface area contributed by atoms with E-state index in [0.29, 0.717) is 11.8 Å². The van der Waals surface area contributed by atoms with Gasteiger partial charge >= 0.3 is 0 Å². The van der Waals surface area contributed by atoms with Crippen LogP contribution in [0.2, 0.25) is 0 Å². The van der Waals surface area contributed by atoms with Crippen molar-refractivity contribution in [3.05, 3.63) is 0 Å². The lowest BCUT2D eigenvalue weighted by Crippen LogP contribution is -2.65. The monoisotopic (exact) mass is 263 g/mol. The Morgan fingerprint density at radius 3 is 2.16 bits per heavy atom. The van der Waals surface area contributed by atoms with Gasteiger partial charge in [-0.05, 0) is 62.2 Å². The van der Waals surface area contributed by atoms with Crippen LogP contribution >= 0.6 is 0 Å². The van der Waals surface area contributed by atoms with E-state index in [1.165, 1.54) is 6.42 Å². The molecule has 106 valence electrons. The molecule has 0 heterocycles. The second-order valence-electron chi connectivity index (χ2n) is 8.70. The zero-order valence-electron chi connectivity index (χ0n) is 12.0. The molecule has 1 amide bonds. The van der Waals surface area contributed by atoms with Crippen molar-refractivity contribution in [1.82, 2.24) is 5.32 Å². The SMILES string of the molecule is CC1(C)CC1C(=O)NC12CC3CC(CC(O)(C3)C1)C2. The average molecular weight is 263 g/mol. The fourth-order valence-electron chi connectivity index (χ4n) is 5.62. The largest absolute Gasteiger partial charge is 0.390 e. The van der Waals surface area contributed by atoms with Gasteiger partial charge in [-0.1, -0.05) is 13.8 Å². The van der Waals surface area contributed by atoms with E-state index >= 15 is 0 Å². The third-order valence-corrected chi connectivity index (χ3v) is 6.25. The quantitative estimate of drug-likeness (QED) is 0.802. The molecule has 19 heavy (non-hydrogen) atoms. The molecule has 3 unspecified atom stereocenters. The molecular formula is C16H25NO2. The first-order valence-corrected chi connectivity index (χ1v) is 7.84. The summed E-state index contributed by atoms with van der Waals surface area (Å²) in [6.07, 6.45) is 7.23. The lowest BCUT2D eigenvalue weighted by molar-refractivity contribution is -0.151. The van der Waals surface area contributed by atoms with Gasteiger partial charge in [0.25, 0.3) is 0 Å². The molecule has 5 aliphatic rings. The highest BCUT2D eigenvalue weighted by Gasteiger charge is 2.59. The van der Waals surface area contributed by atoms with Gasteiger partial charge in [0.15, 0.2) is 0 Å². The number of carbonyl (C=O) groups excluding carboxylic acids is 1. The molecule has 0 aromatic carbocycles. The summed E-state index contributed by atoms with van der Waals surface area (Å²) in [5.74, 6) is 1.73. The molecule has 5 saturated carbocycles. The van der Waals surface area contributed by atoms with Gasteiger partial charge in [0.1, 0.15) is 0 Å². The molecule has 0 saturated heterocycles. The van der Waals surface area contributed by atoms with Crippen LogP contribution in [0.1, 0.15) is 58.8 Å².